The zero-order valence-electron chi connectivity index (χ0n) is 15.8. The number of carbonyl (C=O) groups excluding carboxylic acids is 1. The Bertz CT molecular complexity index is 721. The average Bonchev–Trinajstić information content (AvgIpc) is 2.60. The van der Waals surface area contributed by atoms with Crippen LogP contribution in [0.3, 0.4) is 0 Å². The topological polar surface area (TPSA) is 55.8 Å². The van der Waals surface area contributed by atoms with Crippen molar-refractivity contribution in [3.63, 3.8) is 0 Å². The van der Waals surface area contributed by atoms with Gasteiger partial charge in [-0.2, -0.15) is 43.9 Å². The van der Waals surface area contributed by atoms with Crippen molar-refractivity contribution in [1.29, 1.82) is 0 Å². The molecular formula is C17H18F10O4. The molecule has 0 spiro atoms. The molecule has 0 aromatic rings. The lowest BCUT2D eigenvalue weighted by Gasteiger charge is -2.57. The normalized spacial score (nSPS) is 34.3. The van der Waals surface area contributed by atoms with Gasteiger partial charge in [0.05, 0.1) is 0 Å². The summed E-state index contributed by atoms with van der Waals surface area (Å²) in [5.41, 5.74) is -7.25. The second-order valence-electron chi connectivity index (χ2n) is 7.66. The maximum absolute atomic E-state index is 15.2. The summed E-state index contributed by atoms with van der Waals surface area (Å²) >= 11 is 0. The molecule has 1 aliphatic carbocycles. The summed E-state index contributed by atoms with van der Waals surface area (Å²) in [6.45, 7) is 2.13. The summed E-state index contributed by atoms with van der Waals surface area (Å²) in [4.78, 5) is 11.6. The van der Waals surface area contributed by atoms with Crippen molar-refractivity contribution in [3.8, 4) is 0 Å². The largest absolute Gasteiger partial charge is 0.445 e. The molecule has 1 saturated heterocycles. The van der Waals surface area contributed by atoms with Gasteiger partial charge in [-0.25, -0.2) is 4.79 Å². The molecule has 2 fully saturated rings. The summed E-state index contributed by atoms with van der Waals surface area (Å²) in [5, 5.41) is 9.90. The van der Waals surface area contributed by atoms with Gasteiger partial charge in [0.15, 0.2) is 0 Å². The number of ether oxygens (including phenoxy) is 2. The fourth-order valence-electron chi connectivity index (χ4n) is 3.90. The first-order valence-electron chi connectivity index (χ1n) is 8.95. The van der Waals surface area contributed by atoms with Crippen LogP contribution in [0.5, 0.6) is 0 Å². The Hall–Kier alpha value is -1.57. The summed E-state index contributed by atoms with van der Waals surface area (Å²) in [5.74, 6) is -20.5. The number of hydrogen-bond acceptors (Lipinski definition) is 4. The second kappa shape index (κ2) is 7.49. The average molecular weight is 476 g/mol. The van der Waals surface area contributed by atoms with Gasteiger partial charge in [-0.05, 0) is 19.8 Å². The van der Waals surface area contributed by atoms with E-state index in [4.69, 9.17) is 0 Å². The standard InChI is InChI=1S/C17H18F10O4/c1-8(16(22,23)24)10(28)30-11-14(18,19)12(2,29)31-13(15(11,20)21,17(25,26)27)9-6-4-3-5-7-9/h9,11,29H,1,3-7H2,2H3. The lowest BCUT2D eigenvalue weighted by atomic mass is 9.68. The predicted octanol–water partition coefficient (Wildman–Crippen LogP) is 4.91. The van der Waals surface area contributed by atoms with Gasteiger partial charge in [-0.15, -0.1) is 0 Å². The van der Waals surface area contributed by atoms with Crippen LogP contribution in [0.1, 0.15) is 39.0 Å². The number of carbonyl (C=O) groups is 1. The molecule has 3 atom stereocenters. The van der Waals surface area contributed by atoms with Crippen molar-refractivity contribution in [2.24, 2.45) is 5.92 Å². The molecule has 0 aromatic carbocycles. The number of esters is 1. The smallest absolute Gasteiger partial charge is 0.423 e. The molecule has 2 aliphatic rings. The molecule has 0 aromatic heterocycles. The summed E-state index contributed by atoms with van der Waals surface area (Å²) in [7, 11) is 0. The SMILES string of the molecule is C=C(C(=O)OC1C(F)(F)C(C)(O)OC(C2CCCCC2)(C(F)(F)F)C1(F)F)C(F)(F)F. The molecule has 0 amide bonds. The van der Waals surface area contributed by atoms with Crippen LogP contribution < -0.4 is 0 Å². The lowest BCUT2D eigenvalue weighted by molar-refractivity contribution is -0.503. The van der Waals surface area contributed by atoms with E-state index < -0.39 is 72.0 Å². The Morgan fingerprint density at radius 1 is 1.00 bits per heavy atom. The second-order valence-corrected chi connectivity index (χ2v) is 7.66. The highest BCUT2D eigenvalue weighted by Crippen LogP contribution is 2.63. The van der Waals surface area contributed by atoms with Crippen molar-refractivity contribution in [1.82, 2.24) is 0 Å². The number of aliphatic hydroxyl groups is 1. The fourth-order valence-corrected chi connectivity index (χ4v) is 3.90. The molecular weight excluding hydrogens is 458 g/mol. The van der Waals surface area contributed by atoms with Crippen molar-refractivity contribution in [2.45, 2.75) is 80.7 Å². The van der Waals surface area contributed by atoms with E-state index in [1.807, 2.05) is 0 Å². The zero-order valence-corrected chi connectivity index (χ0v) is 15.8. The van der Waals surface area contributed by atoms with Crippen LogP contribution in [0.15, 0.2) is 12.2 Å². The fraction of sp³-hybridized carbons (Fsp3) is 0.824. The first-order chi connectivity index (χ1) is 13.7. The van der Waals surface area contributed by atoms with Crippen LogP contribution in [0, 0.1) is 5.92 Å². The molecule has 1 N–H and O–H groups in total. The molecule has 0 bridgehead atoms. The maximum Gasteiger partial charge on any atom is 0.423 e. The highest BCUT2D eigenvalue weighted by atomic mass is 19.4. The van der Waals surface area contributed by atoms with Crippen LogP contribution in [-0.2, 0) is 14.3 Å². The molecule has 180 valence electrons. The summed E-state index contributed by atoms with van der Waals surface area (Å²) in [6, 6.07) is 0. The summed E-state index contributed by atoms with van der Waals surface area (Å²) in [6.07, 6.45) is -16.9. The van der Waals surface area contributed by atoms with E-state index in [2.05, 4.69) is 16.1 Å². The Balaban J connectivity index is 2.67. The Labute approximate surface area is 169 Å². The van der Waals surface area contributed by atoms with E-state index in [9.17, 15) is 45.0 Å². The quantitative estimate of drug-likeness (QED) is 0.358. The summed E-state index contributed by atoms with van der Waals surface area (Å²) < 4.78 is 147. The minimum atomic E-state index is -6.08. The van der Waals surface area contributed by atoms with Crippen LogP contribution in [0.25, 0.3) is 0 Å². The highest BCUT2D eigenvalue weighted by molar-refractivity contribution is 5.89. The Kier molecular flexibility index (Phi) is 6.21. The number of hydrogen-bond donors (Lipinski definition) is 1. The molecule has 1 saturated carbocycles. The van der Waals surface area contributed by atoms with E-state index in [-0.39, 0.29) is 19.8 Å². The van der Waals surface area contributed by atoms with Gasteiger partial charge in [0, 0.05) is 5.92 Å². The van der Waals surface area contributed by atoms with E-state index in [0.29, 0.717) is 6.42 Å². The van der Waals surface area contributed by atoms with Crippen molar-refractivity contribution in [3.05, 3.63) is 12.2 Å². The first kappa shape index (κ1) is 25.7. The molecule has 1 aliphatic heterocycles. The third-order valence-electron chi connectivity index (χ3n) is 5.55. The predicted molar refractivity (Wildman–Crippen MR) is 82.0 cm³/mol. The zero-order chi connectivity index (χ0) is 24.3. The number of rotatable bonds is 3. The molecule has 4 nitrogen and oxygen atoms in total. The van der Waals surface area contributed by atoms with Gasteiger partial charge in [-0.1, -0.05) is 25.8 Å². The molecule has 3 unspecified atom stereocenters. The van der Waals surface area contributed by atoms with Gasteiger partial charge in [0.25, 0.3) is 0 Å². The third kappa shape index (κ3) is 3.89. The number of alkyl halides is 10. The van der Waals surface area contributed by atoms with Gasteiger partial charge in [0.1, 0.15) is 5.57 Å². The van der Waals surface area contributed by atoms with Crippen LogP contribution >= 0.6 is 0 Å². The van der Waals surface area contributed by atoms with E-state index >= 15 is 8.78 Å². The van der Waals surface area contributed by atoms with Crippen molar-refractivity contribution < 1.29 is 63.3 Å². The van der Waals surface area contributed by atoms with Crippen molar-refractivity contribution in [2.75, 3.05) is 0 Å². The van der Waals surface area contributed by atoms with Gasteiger partial charge >= 0.3 is 30.2 Å². The minimum absolute atomic E-state index is 0.00416. The number of halogens is 10. The van der Waals surface area contributed by atoms with E-state index in [1.165, 1.54) is 0 Å². The Morgan fingerprint density at radius 3 is 1.90 bits per heavy atom. The van der Waals surface area contributed by atoms with Gasteiger partial charge < -0.3 is 14.6 Å². The van der Waals surface area contributed by atoms with Crippen LogP contribution in [0.2, 0.25) is 0 Å². The Morgan fingerprint density at radius 2 is 1.48 bits per heavy atom. The van der Waals surface area contributed by atoms with Crippen molar-refractivity contribution >= 4 is 5.97 Å². The third-order valence-corrected chi connectivity index (χ3v) is 5.55. The maximum atomic E-state index is 15.2. The highest BCUT2D eigenvalue weighted by Gasteiger charge is 2.87. The molecule has 14 heteroatoms. The first-order valence-corrected chi connectivity index (χ1v) is 8.95. The molecule has 2 rings (SSSR count). The van der Waals surface area contributed by atoms with Crippen LogP contribution in [-0.4, -0.2) is 52.8 Å². The van der Waals surface area contributed by atoms with Gasteiger partial charge in [0.2, 0.25) is 17.5 Å². The molecule has 31 heavy (non-hydrogen) atoms. The molecule has 1 heterocycles. The lowest BCUT2D eigenvalue weighted by Crippen LogP contribution is -2.81. The monoisotopic (exact) mass is 476 g/mol. The minimum Gasteiger partial charge on any atom is -0.445 e. The van der Waals surface area contributed by atoms with E-state index in [1.54, 1.807) is 0 Å². The van der Waals surface area contributed by atoms with E-state index in [0.717, 1.165) is 0 Å². The van der Waals surface area contributed by atoms with Gasteiger partial charge in [-0.3, -0.25) is 0 Å². The van der Waals surface area contributed by atoms with Crippen LogP contribution in [0.4, 0.5) is 43.9 Å². The molecule has 0 radical (unpaired) electrons.